The maximum Gasteiger partial charge on any atom is 0.263 e. The second-order valence-electron chi connectivity index (χ2n) is 4.07. The highest BCUT2D eigenvalue weighted by Gasteiger charge is 2.20. The number of sulfonamides is 1. The number of benzene rings is 2. The van der Waals surface area contributed by atoms with Crippen LogP contribution in [0.1, 0.15) is 0 Å². The summed E-state index contributed by atoms with van der Waals surface area (Å²) in [6.45, 7) is 0. The van der Waals surface area contributed by atoms with E-state index in [1.165, 1.54) is 6.07 Å². The molecular weight excluding hydrogens is 345 g/mol. The third kappa shape index (κ3) is 3.55. The number of anilines is 2. The minimum atomic E-state index is -4.17. The fourth-order valence-corrected chi connectivity index (χ4v) is 3.39. The molecule has 2 aromatic carbocycles. The minimum Gasteiger partial charge on any atom is -0.396 e. The lowest BCUT2D eigenvalue weighted by Crippen LogP contribution is -2.14. The molecule has 0 fully saturated rings. The van der Waals surface area contributed by atoms with Gasteiger partial charge in [-0.2, -0.15) is 0 Å². The molecule has 0 aliphatic heterocycles. The van der Waals surface area contributed by atoms with Crippen LogP contribution in [0.3, 0.4) is 0 Å². The molecule has 0 saturated carbocycles. The van der Waals surface area contributed by atoms with Crippen molar-refractivity contribution >= 4 is 44.6 Å². The molecule has 2 rings (SSSR count). The Morgan fingerprint density at radius 2 is 1.71 bits per heavy atom. The Kier molecular flexibility index (Phi) is 4.27. The van der Waals surface area contributed by atoms with Gasteiger partial charge in [0.25, 0.3) is 10.0 Å². The molecule has 0 unspecified atom stereocenters. The van der Waals surface area contributed by atoms with E-state index in [2.05, 4.69) is 4.72 Å². The van der Waals surface area contributed by atoms with Crippen LogP contribution >= 0.6 is 23.2 Å². The van der Waals surface area contributed by atoms with E-state index >= 15 is 0 Å². The van der Waals surface area contributed by atoms with Gasteiger partial charge < -0.3 is 5.73 Å². The molecule has 3 N–H and O–H groups in total. The van der Waals surface area contributed by atoms with E-state index in [1.807, 2.05) is 0 Å². The molecule has 21 heavy (non-hydrogen) atoms. The molecule has 0 spiro atoms. The fourth-order valence-electron chi connectivity index (χ4n) is 1.57. The van der Waals surface area contributed by atoms with Crippen LogP contribution in [0.4, 0.5) is 20.2 Å². The van der Waals surface area contributed by atoms with Gasteiger partial charge in [-0.25, -0.2) is 17.2 Å². The molecule has 0 aliphatic rings. The van der Waals surface area contributed by atoms with Crippen molar-refractivity contribution in [3.63, 3.8) is 0 Å². The quantitative estimate of drug-likeness (QED) is 0.828. The summed E-state index contributed by atoms with van der Waals surface area (Å²) in [4.78, 5) is -0.427. The van der Waals surface area contributed by atoms with E-state index in [0.717, 1.165) is 24.3 Å². The topological polar surface area (TPSA) is 72.2 Å². The highest BCUT2D eigenvalue weighted by molar-refractivity contribution is 7.92. The summed E-state index contributed by atoms with van der Waals surface area (Å²) in [7, 11) is -4.17. The van der Waals surface area contributed by atoms with Gasteiger partial charge in [0, 0.05) is 5.02 Å². The number of hydrogen-bond acceptors (Lipinski definition) is 3. The van der Waals surface area contributed by atoms with Crippen LogP contribution in [-0.2, 0) is 10.0 Å². The summed E-state index contributed by atoms with van der Waals surface area (Å²) in [6, 6.07) is 4.82. The van der Waals surface area contributed by atoms with Crippen LogP contribution in [0.5, 0.6) is 0 Å². The minimum absolute atomic E-state index is 0.0115. The molecular formula is C12H8Cl2F2N2O2S. The Hall–Kier alpha value is -1.57. The van der Waals surface area contributed by atoms with Crippen molar-refractivity contribution in [3.05, 3.63) is 52.0 Å². The van der Waals surface area contributed by atoms with Crippen LogP contribution in [0.15, 0.2) is 35.2 Å². The standard InChI is InChI=1S/C12H8Cl2F2N2O2S/c13-6-1-7(15)3-8(2-6)18-21(19,20)12-5-11(17)10(16)4-9(12)14/h1-5,18H,17H2. The molecule has 0 bridgehead atoms. The Labute approximate surface area is 129 Å². The first kappa shape index (κ1) is 15.8. The molecule has 9 heteroatoms. The first-order valence-electron chi connectivity index (χ1n) is 5.42. The summed E-state index contributed by atoms with van der Waals surface area (Å²) in [6.07, 6.45) is 0. The number of nitrogens with one attached hydrogen (secondary N) is 1. The van der Waals surface area contributed by atoms with Gasteiger partial charge in [-0.3, -0.25) is 4.72 Å². The first-order chi connectivity index (χ1) is 9.69. The van der Waals surface area contributed by atoms with Gasteiger partial charge in [0.1, 0.15) is 16.5 Å². The van der Waals surface area contributed by atoms with Crippen LogP contribution in [-0.4, -0.2) is 8.42 Å². The van der Waals surface area contributed by atoms with Crippen molar-refractivity contribution < 1.29 is 17.2 Å². The van der Waals surface area contributed by atoms with Crippen LogP contribution in [0.2, 0.25) is 10.0 Å². The predicted molar refractivity (Wildman–Crippen MR) is 78.0 cm³/mol. The smallest absolute Gasteiger partial charge is 0.263 e. The molecule has 0 radical (unpaired) electrons. The highest BCUT2D eigenvalue weighted by Crippen LogP contribution is 2.28. The average Bonchev–Trinajstić information content (AvgIpc) is 2.31. The second kappa shape index (κ2) is 5.67. The maximum absolute atomic E-state index is 13.2. The number of hydrogen-bond donors (Lipinski definition) is 2. The SMILES string of the molecule is Nc1cc(S(=O)(=O)Nc2cc(F)cc(Cl)c2)c(Cl)cc1F. The van der Waals surface area contributed by atoms with Gasteiger partial charge in [-0.05, 0) is 30.3 Å². The Bertz CT molecular complexity index is 793. The highest BCUT2D eigenvalue weighted by atomic mass is 35.5. The monoisotopic (exact) mass is 352 g/mol. The zero-order valence-electron chi connectivity index (χ0n) is 10.2. The van der Waals surface area contributed by atoms with Gasteiger partial charge in [-0.15, -0.1) is 0 Å². The number of nitrogens with two attached hydrogens (primary N) is 1. The van der Waals surface area contributed by atoms with Gasteiger partial charge >= 0.3 is 0 Å². The Balaban J connectivity index is 2.45. The summed E-state index contributed by atoms with van der Waals surface area (Å²) in [5.74, 6) is -1.56. The van der Waals surface area contributed by atoms with E-state index in [9.17, 15) is 17.2 Å². The molecule has 4 nitrogen and oxygen atoms in total. The maximum atomic E-state index is 13.2. The summed E-state index contributed by atoms with van der Waals surface area (Å²) in [5.41, 5.74) is 4.84. The van der Waals surface area contributed by atoms with Crippen molar-refractivity contribution in [2.45, 2.75) is 4.90 Å². The third-order valence-electron chi connectivity index (χ3n) is 2.46. The first-order valence-corrected chi connectivity index (χ1v) is 7.66. The molecule has 112 valence electrons. The van der Waals surface area contributed by atoms with Gasteiger partial charge in [0.05, 0.1) is 16.4 Å². The normalized spacial score (nSPS) is 11.4. The van der Waals surface area contributed by atoms with Gasteiger partial charge in [-0.1, -0.05) is 23.2 Å². The average molecular weight is 353 g/mol. The lowest BCUT2D eigenvalue weighted by molar-refractivity contribution is 0.600. The predicted octanol–water partition coefficient (Wildman–Crippen LogP) is 3.65. The van der Waals surface area contributed by atoms with E-state index in [1.54, 1.807) is 0 Å². The molecule has 0 atom stereocenters. The van der Waals surface area contributed by atoms with E-state index < -0.39 is 26.6 Å². The number of halogens is 4. The van der Waals surface area contributed by atoms with Crippen molar-refractivity contribution in [1.82, 2.24) is 0 Å². The van der Waals surface area contributed by atoms with E-state index in [-0.39, 0.29) is 21.4 Å². The molecule has 2 aromatic rings. The van der Waals surface area contributed by atoms with Crippen LogP contribution < -0.4 is 10.5 Å². The third-order valence-corrected chi connectivity index (χ3v) is 4.52. The Morgan fingerprint density at radius 1 is 1.05 bits per heavy atom. The molecule has 0 aromatic heterocycles. The summed E-state index contributed by atoms with van der Waals surface area (Å²) in [5, 5.41) is -0.339. The zero-order chi connectivity index (χ0) is 15.8. The molecule has 0 amide bonds. The molecule has 0 heterocycles. The van der Waals surface area contributed by atoms with Crippen LogP contribution in [0.25, 0.3) is 0 Å². The van der Waals surface area contributed by atoms with Crippen LogP contribution in [0, 0.1) is 11.6 Å². The second-order valence-corrected chi connectivity index (χ2v) is 6.56. The van der Waals surface area contributed by atoms with Crippen molar-refractivity contribution in [2.24, 2.45) is 0 Å². The van der Waals surface area contributed by atoms with Gasteiger partial charge in [0.15, 0.2) is 0 Å². The van der Waals surface area contributed by atoms with Crippen molar-refractivity contribution in [1.29, 1.82) is 0 Å². The number of nitrogen functional groups attached to an aromatic ring is 1. The lowest BCUT2D eigenvalue weighted by Gasteiger charge is -2.11. The summed E-state index contributed by atoms with van der Waals surface area (Å²) < 4.78 is 52.8. The fraction of sp³-hybridized carbons (Fsp3) is 0. The lowest BCUT2D eigenvalue weighted by atomic mass is 10.3. The Morgan fingerprint density at radius 3 is 2.33 bits per heavy atom. The summed E-state index contributed by atoms with van der Waals surface area (Å²) >= 11 is 11.3. The van der Waals surface area contributed by atoms with Crippen molar-refractivity contribution in [2.75, 3.05) is 10.5 Å². The molecule has 0 saturated heterocycles. The van der Waals surface area contributed by atoms with E-state index in [0.29, 0.717) is 0 Å². The molecule has 0 aliphatic carbocycles. The van der Waals surface area contributed by atoms with Crippen molar-refractivity contribution in [3.8, 4) is 0 Å². The largest absolute Gasteiger partial charge is 0.396 e. The number of rotatable bonds is 3. The van der Waals surface area contributed by atoms with Gasteiger partial charge in [0.2, 0.25) is 0 Å². The zero-order valence-corrected chi connectivity index (χ0v) is 12.5. The van der Waals surface area contributed by atoms with E-state index in [4.69, 9.17) is 28.9 Å².